The first-order chi connectivity index (χ1) is 13.2. The molecule has 28 heavy (non-hydrogen) atoms. The molecule has 7 nitrogen and oxygen atoms in total. The molecule has 0 saturated carbocycles. The average Bonchev–Trinajstić information content (AvgIpc) is 2.92. The van der Waals surface area contributed by atoms with Gasteiger partial charge in [0.15, 0.2) is 11.5 Å². The highest BCUT2D eigenvalue weighted by Gasteiger charge is 2.29. The molecule has 9 heteroatoms. The number of methoxy groups -OCH3 is 1. The van der Waals surface area contributed by atoms with Gasteiger partial charge >= 0.3 is 5.97 Å². The van der Waals surface area contributed by atoms with Gasteiger partial charge in [0.05, 0.1) is 39.7 Å². The van der Waals surface area contributed by atoms with Gasteiger partial charge in [-0.25, -0.2) is 4.79 Å². The molecule has 0 aliphatic carbocycles. The zero-order valence-electron chi connectivity index (χ0n) is 14.7. The normalized spacial score (nSPS) is 15.1. The van der Waals surface area contributed by atoms with Crippen molar-refractivity contribution in [2.45, 2.75) is 6.92 Å². The molecular weight excluding hydrogens is 407 g/mol. The van der Waals surface area contributed by atoms with Crippen molar-refractivity contribution >= 4 is 52.6 Å². The Labute approximate surface area is 170 Å². The number of phenols is 1. The second-order valence-electron chi connectivity index (χ2n) is 5.88. The number of carbonyl (C=O) groups excluding carboxylic acids is 1. The minimum absolute atomic E-state index is 0.0604. The first kappa shape index (κ1) is 19.7. The van der Waals surface area contributed by atoms with E-state index in [1.165, 1.54) is 37.4 Å². The fraction of sp³-hybridized carbons (Fsp3) is 0.105. The van der Waals surface area contributed by atoms with Crippen molar-refractivity contribution < 1.29 is 24.5 Å². The van der Waals surface area contributed by atoms with E-state index in [4.69, 9.17) is 27.9 Å². The lowest BCUT2D eigenvalue weighted by Gasteiger charge is -2.13. The molecule has 0 bridgehead atoms. The predicted molar refractivity (Wildman–Crippen MR) is 107 cm³/mol. The molecule has 0 atom stereocenters. The van der Waals surface area contributed by atoms with Crippen LogP contribution in [0.15, 0.2) is 41.0 Å². The molecule has 1 aliphatic rings. The van der Waals surface area contributed by atoms with Gasteiger partial charge in [0.2, 0.25) is 0 Å². The van der Waals surface area contributed by atoms with Crippen molar-refractivity contribution in [2.75, 3.05) is 12.1 Å². The Balaban J connectivity index is 2.00. The van der Waals surface area contributed by atoms with E-state index in [0.717, 1.165) is 5.01 Å². The lowest BCUT2D eigenvalue weighted by molar-refractivity contribution is -0.114. The highest BCUT2D eigenvalue weighted by Crippen LogP contribution is 2.36. The average molecular weight is 421 g/mol. The molecule has 2 N–H and O–H groups in total. The summed E-state index contributed by atoms with van der Waals surface area (Å²) in [4.78, 5) is 24.1. The molecule has 0 unspecified atom stereocenters. The summed E-state index contributed by atoms with van der Waals surface area (Å²) < 4.78 is 5.06. The van der Waals surface area contributed by atoms with Crippen LogP contribution in [-0.4, -0.2) is 34.9 Å². The van der Waals surface area contributed by atoms with E-state index in [0.29, 0.717) is 11.3 Å². The highest BCUT2D eigenvalue weighted by atomic mass is 35.5. The molecule has 1 aliphatic heterocycles. The number of benzene rings is 2. The fourth-order valence-electron chi connectivity index (χ4n) is 2.67. The number of anilines is 1. The Hall–Kier alpha value is -3.03. The third kappa shape index (κ3) is 3.54. The van der Waals surface area contributed by atoms with Gasteiger partial charge in [0.25, 0.3) is 5.91 Å². The van der Waals surface area contributed by atoms with E-state index in [9.17, 15) is 19.8 Å². The number of phenolic OH excluding ortho intramolecular Hbond substituents is 1. The molecule has 0 saturated heterocycles. The molecule has 1 heterocycles. The van der Waals surface area contributed by atoms with Crippen molar-refractivity contribution in [2.24, 2.45) is 5.10 Å². The van der Waals surface area contributed by atoms with Crippen molar-refractivity contribution in [1.82, 2.24) is 0 Å². The van der Waals surface area contributed by atoms with Gasteiger partial charge in [-0.15, -0.1) is 0 Å². The Morgan fingerprint density at radius 1 is 1.21 bits per heavy atom. The smallest absolute Gasteiger partial charge is 0.337 e. The van der Waals surface area contributed by atoms with Gasteiger partial charge < -0.3 is 14.9 Å². The summed E-state index contributed by atoms with van der Waals surface area (Å²) in [7, 11) is 1.39. The molecule has 1 amide bonds. The molecule has 2 aromatic carbocycles. The van der Waals surface area contributed by atoms with Crippen molar-refractivity contribution in [1.29, 1.82) is 0 Å². The maximum atomic E-state index is 12.8. The van der Waals surface area contributed by atoms with E-state index in [2.05, 4.69) is 5.10 Å². The van der Waals surface area contributed by atoms with Crippen LogP contribution in [-0.2, 0) is 4.79 Å². The fourth-order valence-corrected chi connectivity index (χ4v) is 3.09. The number of hydrogen-bond acceptors (Lipinski definition) is 5. The Morgan fingerprint density at radius 2 is 1.93 bits per heavy atom. The number of carboxylic acids is 1. The third-order valence-electron chi connectivity index (χ3n) is 4.07. The van der Waals surface area contributed by atoms with Gasteiger partial charge in [-0.3, -0.25) is 4.79 Å². The summed E-state index contributed by atoms with van der Waals surface area (Å²) in [5.41, 5.74) is 1.39. The number of hydrazone groups is 1. The zero-order chi connectivity index (χ0) is 20.6. The summed E-state index contributed by atoms with van der Waals surface area (Å²) >= 11 is 11.9. The first-order valence-corrected chi connectivity index (χ1v) is 8.69. The second kappa shape index (κ2) is 7.53. The summed E-state index contributed by atoms with van der Waals surface area (Å²) in [6.45, 7) is 1.65. The number of ether oxygens (including phenoxy) is 1. The first-order valence-electron chi connectivity index (χ1n) is 7.94. The maximum Gasteiger partial charge on any atom is 0.337 e. The Bertz CT molecular complexity index is 1060. The number of amides is 1. The summed E-state index contributed by atoms with van der Waals surface area (Å²) in [5, 5.41) is 24.5. The zero-order valence-corrected chi connectivity index (χ0v) is 16.2. The van der Waals surface area contributed by atoms with Crippen LogP contribution >= 0.6 is 23.2 Å². The molecular formula is C19H14Cl2N2O5. The second-order valence-corrected chi connectivity index (χ2v) is 6.70. The van der Waals surface area contributed by atoms with Crippen LogP contribution in [0.3, 0.4) is 0 Å². The monoisotopic (exact) mass is 420 g/mol. The number of carbonyl (C=O) groups is 2. The number of aromatic hydroxyl groups is 1. The van der Waals surface area contributed by atoms with Crippen LogP contribution in [0.2, 0.25) is 10.0 Å². The van der Waals surface area contributed by atoms with Gasteiger partial charge in [-0.05, 0) is 48.9 Å². The highest BCUT2D eigenvalue weighted by molar-refractivity contribution is 6.35. The van der Waals surface area contributed by atoms with E-state index in [1.807, 2.05) is 0 Å². The van der Waals surface area contributed by atoms with Crippen molar-refractivity contribution in [3.63, 3.8) is 0 Å². The lowest BCUT2D eigenvalue weighted by atomic mass is 10.1. The van der Waals surface area contributed by atoms with Gasteiger partial charge in [-0.1, -0.05) is 23.2 Å². The SMILES string of the molecule is COc1cc(/C=C2/C(=O)N(c3ccc(Cl)c(C(=O)O)c3)N=C2C)cc(Cl)c1O. The van der Waals surface area contributed by atoms with E-state index in [1.54, 1.807) is 13.0 Å². The molecule has 3 rings (SSSR count). The third-order valence-corrected chi connectivity index (χ3v) is 4.69. The number of carboxylic acid groups (broad SMARTS) is 1. The molecule has 0 aromatic heterocycles. The van der Waals surface area contributed by atoms with Gasteiger partial charge in [0.1, 0.15) is 0 Å². The van der Waals surface area contributed by atoms with E-state index >= 15 is 0 Å². The van der Waals surface area contributed by atoms with Crippen molar-refractivity contribution in [3.05, 3.63) is 57.1 Å². The number of halogens is 2. The summed E-state index contributed by atoms with van der Waals surface area (Å²) in [5.74, 6) is -1.68. The molecule has 144 valence electrons. The van der Waals surface area contributed by atoms with Gasteiger partial charge in [-0.2, -0.15) is 10.1 Å². The minimum atomic E-state index is -1.21. The van der Waals surface area contributed by atoms with Crippen molar-refractivity contribution in [3.8, 4) is 11.5 Å². The molecule has 0 fully saturated rings. The minimum Gasteiger partial charge on any atom is -0.503 e. The van der Waals surface area contributed by atoms with Crippen LogP contribution in [0.25, 0.3) is 6.08 Å². The molecule has 0 spiro atoms. The van der Waals surface area contributed by atoms with Crippen LogP contribution in [0, 0.1) is 0 Å². The molecule has 0 radical (unpaired) electrons. The Morgan fingerprint density at radius 3 is 2.57 bits per heavy atom. The van der Waals surface area contributed by atoms with E-state index < -0.39 is 11.9 Å². The van der Waals surface area contributed by atoms with Crippen LogP contribution in [0.4, 0.5) is 5.69 Å². The summed E-state index contributed by atoms with van der Waals surface area (Å²) in [6, 6.07) is 7.20. The number of aromatic carboxylic acids is 1. The standard InChI is InChI=1S/C19H14Cl2N2O5/c1-9-12(5-10-6-15(21)17(24)16(7-10)28-2)18(25)23(22-9)11-3-4-14(20)13(8-11)19(26)27/h3-8,24H,1-2H3,(H,26,27)/b12-5+. The quantitative estimate of drug-likeness (QED) is 0.721. The van der Waals surface area contributed by atoms with E-state index in [-0.39, 0.29) is 38.4 Å². The lowest BCUT2D eigenvalue weighted by Crippen LogP contribution is -2.21. The molecule has 2 aromatic rings. The van der Waals surface area contributed by atoms with Gasteiger partial charge in [0, 0.05) is 0 Å². The largest absolute Gasteiger partial charge is 0.503 e. The summed E-state index contributed by atoms with van der Waals surface area (Å²) in [6.07, 6.45) is 1.56. The maximum absolute atomic E-state index is 12.8. The van der Waals surface area contributed by atoms with Crippen LogP contribution in [0.1, 0.15) is 22.8 Å². The van der Waals surface area contributed by atoms with Crippen LogP contribution < -0.4 is 9.75 Å². The predicted octanol–water partition coefficient (Wildman–Crippen LogP) is 4.21. The number of rotatable bonds is 4. The van der Waals surface area contributed by atoms with Crippen LogP contribution in [0.5, 0.6) is 11.5 Å². The number of hydrogen-bond donors (Lipinski definition) is 2. The Kier molecular flexibility index (Phi) is 5.31. The topological polar surface area (TPSA) is 99.4 Å². The number of nitrogens with zero attached hydrogens (tertiary/aromatic N) is 2.